The van der Waals surface area contributed by atoms with Crippen LogP contribution < -0.4 is 4.74 Å². The lowest BCUT2D eigenvalue weighted by Gasteiger charge is -1.99. The van der Waals surface area contributed by atoms with Gasteiger partial charge in [0.2, 0.25) is 0 Å². The Kier molecular flexibility index (Phi) is 1.75. The summed E-state index contributed by atoms with van der Waals surface area (Å²) in [7, 11) is 3.57. The minimum Gasteiger partial charge on any atom is -0.497 e. The van der Waals surface area contributed by atoms with E-state index in [1.54, 1.807) is 7.11 Å². The van der Waals surface area contributed by atoms with Crippen molar-refractivity contribution >= 4 is 0 Å². The average Bonchev–Trinajstić information content (AvgIpc) is 2.83. The van der Waals surface area contributed by atoms with Crippen molar-refractivity contribution in [1.29, 1.82) is 0 Å². The summed E-state index contributed by atoms with van der Waals surface area (Å²) in [6, 6.07) is 7.88. The Labute approximate surface area is 71.5 Å². The fraction of sp³-hybridized carbons (Fsp3) is 0.333. The molecule has 1 heterocycles. The van der Waals surface area contributed by atoms with Crippen molar-refractivity contribution in [2.45, 2.75) is 6.23 Å². The second-order valence-corrected chi connectivity index (χ2v) is 2.78. The summed E-state index contributed by atoms with van der Waals surface area (Å²) in [5.41, 5.74) is 1.17. The zero-order chi connectivity index (χ0) is 8.55. The maximum atomic E-state index is 5.17. The molecule has 0 aliphatic carbocycles. The van der Waals surface area contributed by atoms with E-state index in [1.807, 2.05) is 36.4 Å². The van der Waals surface area contributed by atoms with Gasteiger partial charge in [0.05, 0.1) is 7.11 Å². The van der Waals surface area contributed by atoms with Crippen molar-refractivity contribution in [3.8, 4) is 5.75 Å². The molecule has 64 valence electrons. The molecule has 2 rings (SSSR count). The largest absolute Gasteiger partial charge is 0.497 e. The molecule has 1 aromatic rings. The number of methoxy groups -OCH3 is 1. The van der Waals surface area contributed by atoms with Crippen LogP contribution >= 0.6 is 0 Å². The molecule has 3 nitrogen and oxygen atoms in total. The number of hydrogen-bond acceptors (Lipinski definition) is 3. The molecular weight excluding hydrogens is 154 g/mol. The molecule has 1 saturated heterocycles. The molecule has 0 spiro atoms. The monoisotopic (exact) mass is 165 g/mol. The average molecular weight is 165 g/mol. The van der Waals surface area contributed by atoms with Crippen molar-refractivity contribution in [3.05, 3.63) is 29.8 Å². The summed E-state index contributed by atoms with van der Waals surface area (Å²) in [4.78, 5) is 5.17. The summed E-state index contributed by atoms with van der Waals surface area (Å²) in [6.07, 6.45) is 0.149. The first-order valence-electron chi connectivity index (χ1n) is 3.85. The van der Waals surface area contributed by atoms with Crippen LogP contribution in [-0.4, -0.2) is 19.2 Å². The highest BCUT2D eigenvalue weighted by Gasteiger charge is 2.33. The van der Waals surface area contributed by atoms with E-state index in [-0.39, 0.29) is 6.23 Å². The molecule has 1 aromatic carbocycles. The van der Waals surface area contributed by atoms with Gasteiger partial charge in [-0.2, -0.15) is 5.06 Å². The highest BCUT2D eigenvalue weighted by Crippen LogP contribution is 2.34. The second kappa shape index (κ2) is 2.77. The minimum absolute atomic E-state index is 0.149. The lowest BCUT2D eigenvalue weighted by Crippen LogP contribution is -1.88. The van der Waals surface area contributed by atoms with Gasteiger partial charge in [0.15, 0.2) is 6.23 Å². The van der Waals surface area contributed by atoms with Gasteiger partial charge >= 0.3 is 0 Å². The van der Waals surface area contributed by atoms with Gasteiger partial charge in [-0.25, -0.2) is 0 Å². The molecule has 0 saturated carbocycles. The van der Waals surface area contributed by atoms with Crippen LogP contribution in [0, 0.1) is 0 Å². The van der Waals surface area contributed by atoms with E-state index >= 15 is 0 Å². The molecule has 0 N–H and O–H groups in total. The lowest BCUT2D eigenvalue weighted by molar-refractivity contribution is 0.233. The van der Waals surface area contributed by atoms with Gasteiger partial charge < -0.3 is 4.74 Å². The molecular formula is C9H11NO2. The Morgan fingerprint density at radius 2 is 1.92 bits per heavy atom. The summed E-state index contributed by atoms with van der Waals surface area (Å²) in [6.45, 7) is 0. The van der Waals surface area contributed by atoms with Gasteiger partial charge in [-0.3, -0.25) is 4.84 Å². The fourth-order valence-corrected chi connectivity index (χ4v) is 1.17. The van der Waals surface area contributed by atoms with E-state index < -0.39 is 0 Å². The third-order valence-corrected chi connectivity index (χ3v) is 1.95. The number of ether oxygens (including phenoxy) is 1. The van der Waals surface area contributed by atoms with Gasteiger partial charge in [-0.15, -0.1) is 0 Å². The molecule has 3 heteroatoms. The normalized spacial score (nSPS) is 26.8. The zero-order valence-corrected chi connectivity index (χ0v) is 7.15. The van der Waals surface area contributed by atoms with Gasteiger partial charge in [0.25, 0.3) is 0 Å². The van der Waals surface area contributed by atoms with Crippen LogP contribution in [0.1, 0.15) is 11.8 Å². The van der Waals surface area contributed by atoms with Gasteiger partial charge in [-0.1, -0.05) is 12.1 Å². The van der Waals surface area contributed by atoms with Gasteiger partial charge in [0.1, 0.15) is 5.75 Å². The van der Waals surface area contributed by atoms with E-state index in [1.165, 1.54) is 5.56 Å². The van der Waals surface area contributed by atoms with Crippen LogP contribution in [0.5, 0.6) is 5.75 Å². The van der Waals surface area contributed by atoms with Crippen LogP contribution in [0.25, 0.3) is 0 Å². The fourth-order valence-electron chi connectivity index (χ4n) is 1.17. The quantitative estimate of drug-likeness (QED) is 0.622. The third-order valence-electron chi connectivity index (χ3n) is 1.95. The molecule has 1 aliphatic heterocycles. The van der Waals surface area contributed by atoms with Crippen LogP contribution in [0.3, 0.4) is 0 Å². The molecule has 1 aliphatic rings. The van der Waals surface area contributed by atoms with Crippen LogP contribution in [-0.2, 0) is 4.84 Å². The summed E-state index contributed by atoms with van der Waals surface area (Å²) in [5, 5.41) is 1.81. The third kappa shape index (κ3) is 1.29. The predicted molar refractivity (Wildman–Crippen MR) is 44.6 cm³/mol. The number of hydrogen-bond donors (Lipinski definition) is 0. The maximum absolute atomic E-state index is 5.17. The number of benzene rings is 1. The summed E-state index contributed by atoms with van der Waals surface area (Å²) >= 11 is 0. The van der Waals surface area contributed by atoms with Crippen molar-refractivity contribution < 1.29 is 9.57 Å². The van der Waals surface area contributed by atoms with E-state index in [4.69, 9.17) is 9.57 Å². The van der Waals surface area contributed by atoms with E-state index in [0.717, 1.165) is 5.75 Å². The summed E-state index contributed by atoms with van der Waals surface area (Å²) < 4.78 is 5.04. The maximum Gasteiger partial charge on any atom is 0.179 e. The van der Waals surface area contributed by atoms with Crippen molar-refractivity contribution in [1.82, 2.24) is 5.06 Å². The zero-order valence-electron chi connectivity index (χ0n) is 7.15. The highest BCUT2D eigenvalue weighted by atomic mass is 16.8. The van der Waals surface area contributed by atoms with Crippen molar-refractivity contribution in [2.75, 3.05) is 14.2 Å². The Hall–Kier alpha value is -1.06. The first-order valence-corrected chi connectivity index (χ1v) is 3.85. The standard InChI is InChI=1S/C9H11NO2/c1-10-9(12-10)7-3-5-8(11-2)6-4-7/h3-6,9H,1-2H3. The molecule has 0 bridgehead atoms. The van der Waals surface area contributed by atoms with E-state index in [9.17, 15) is 0 Å². The lowest BCUT2D eigenvalue weighted by atomic mass is 10.2. The molecule has 2 unspecified atom stereocenters. The number of rotatable bonds is 2. The Balaban J connectivity index is 2.14. The Bertz CT molecular complexity index is 270. The van der Waals surface area contributed by atoms with Crippen LogP contribution in [0.2, 0.25) is 0 Å². The number of nitrogens with zero attached hydrogens (tertiary/aromatic N) is 1. The topological polar surface area (TPSA) is 24.8 Å². The molecule has 0 amide bonds. The van der Waals surface area contributed by atoms with Gasteiger partial charge in [0, 0.05) is 7.05 Å². The van der Waals surface area contributed by atoms with Crippen LogP contribution in [0.4, 0.5) is 0 Å². The Morgan fingerprint density at radius 1 is 1.33 bits per heavy atom. The predicted octanol–water partition coefficient (Wildman–Crippen LogP) is 1.57. The highest BCUT2D eigenvalue weighted by molar-refractivity contribution is 5.28. The first-order chi connectivity index (χ1) is 5.81. The second-order valence-electron chi connectivity index (χ2n) is 2.78. The smallest absolute Gasteiger partial charge is 0.179 e. The first kappa shape index (κ1) is 7.58. The minimum atomic E-state index is 0.149. The van der Waals surface area contributed by atoms with E-state index in [0.29, 0.717) is 0 Å². The number of hydroxylamine groups is 2. The summed E-state index contributed by atoms with van der Waals surface area (Å²) in [5.74, 6) is 0.877. The molecule has 12 heavy (non-hydrogen) atoms. The van der Waals surface area contributed by atoms with Crippen LogP contribution in [0.15, 0.2) is 24.3 Å². The van der Waals surface area contributed by atoms with Crippen molar-refractivity contribution in [2.24, 2.45) is 0 Å². The molecule has 2 atom stereocenters. The SMILES string of the molecule is COc1ccc(C2ON2C)cc1. The molecule has 0 aromatic heterocycles. The molecule has 1 fully saturated rings. The Morgan fingerprint density at radius 3 is 2.33 bits per heavy atom. The van der Waals surface area contributed by atoms with Gasteiger partial charge in [-0.05, 0) is 17.7 Å². The van der Waals surface area contributed by atoms with E-state index in [2.05, 4.69) is 0 Å². The van der Waals surface area contributed by atoms with Crippen molar-refractivity contribution in [3.63, 3.8) is 0 Å². The molecule has 0 radical (unpaired) electrons.